The van der Waals surface area contributed by atoms with E-state index in [1.807, 2.05) is 54.6 Å². The van der Waals surface area contributed by atoms with Crippen molar-refractivity contribution in [3.63, 3.8) is 0 Å². The highest BCUT2D eigenvalue weighted by molar-refractivity contribution is 6.30. The Morgan fingerprint density at radius 1 is 0.964 bits per heavy atom. The molecular weight excluding hydrogens is 372 g/mol. The summed E-state index contributed by atoms with van der Waals surface area (Å²) < 4.78 is 12.0. The summed E-state index contributed by atoms with van der Waals surface area (Å²) in [4.78, 5) is 0. The molecule has 0 amide bonds. The summed E-state index contributed by atoms with van der Waals surface area (Å²) in [6.45, 7) is 0. The molecule has 3 aromatic rings. The van der Waals surface area contributed by atoms with E-state index in [9.17, 15) is 0 Å². The summed E-state index contributed by atoms with van der Waals surface area (Å²) in [5.74, 6) is 1.51. The number of rotatable bonds is 3. The molecule has 4 nitrogen and oxygen atoms in total. The summed E-state index contributed by atoms with van der Waals surface area (Å²) in [6, 6.07) is 24.1. The fourth-order valence-corrected chi connectivity index (χ4v) is 3.91. The lowest BCUT2D eigenvalue weighted by Crippen LogP contribution is -2.43. The summed E-state index contributed by atoms with van der Waals surface area (Å²) in [6.07, 6.45) is 1.92. The monoisotopic (exact) mass is 390 g/mol. The number of nitrogens with zero attached hydrogens (tertiary/aromatic N) is 1. The molecule has 2 aliphatic heterocycles. The molecule has 0 unspecified atom stereocenters. The molecule has 5 rings (SSSR count). The fraction of sp³-hybridized carbons (Fsp3) is 0.130. The van der Waals surface area contributed by atoms with E-state index >= 15 is 0 Å². The first-order valence-corrected chi connectivity index (χ1v) is 9.53. The maximum absolute atomic E-state index is 6.44. The van der Waals surface area contributed by atoms with Crippen LogP contribution in [0.25, 0.3) is 5.70 Å². The summed E-state index contributed by atoms with van der Waals surface area (Å²) in [5.41, 5.74) is 7.83. The van der Waals surface area contributed by atoms with Gasteiger partial charge in [-0.25, -0.2) is 0 Å². The average molecular weight is 391 g/mol. The van der Waals surface area contributed by atoms with Crippen LogP contribution in [0.15, 0.2) is 78.9 Å². The van der Waals surface area contributed by atoms with Crippen LogP contribution in [0.4, 0.5) is 0 Å². The third kappa shape index (κ3) is 2.82. The van der Waals surface area contributed by atoms with Crippen LogP contribution < -0.4 is 14.9 Å². The first-order chi connectivity index (χ1) is 13.7. The van der Waals surface area contributed by atoms with E-state index in [0.717, 1.165) is 33.9 Å². The molecule has 2 heterocycles. The molecule has 2 atom stereocenters. The summed E-state index contributed by atoms with van der Waals surface area (Å²) in [7, 11) is 1.67. The minimum atomic E-state index is -0.316. The number of fused-ring (bicyclic) bond motifs is 3. The van der Waals surface area contributed by atoms with Crippen LogP contribution in [-0.2, 0) is 0 Å². The quantitative estimate of drug-likeness (QED) is 0.654. The molecule has 3 aromatic carbocycles. The van der Waals surface area contributed by atoms with Gasteiger partial charge in [-0.1, -0.05) is 66.2 Å². The van der Waals surface area contributed by atoms with Crippen LogP contribution >= 0.6 is 11.6 Å². The van der Waals surface area contributed by atoms with Gasteiger partial charge in [0.25, 0.3) is 0 Å². The molecular formula is C23H19ClN2O2. The Kier molecular flexibility index (Phi) is 4.23. The number of ether oxygens (including phenoxy) is 2. The van der Waals surface area contributed by atoms with Crippen LogP contribution in [0, 0.1) is 0 Å². The van der Waals surface area contributed by atoms with Crippen molar-refractivity contribution in [1.82, 2.24) is 10.4 Å². The van der Waals surface area contributed by atoms with Gasteiger partial charge in [0.2, 0.25) is 0 Å². The second kappa shape index (κ2) is 6.89. The average Bonchev–Trinajstić information content (AvgIpc) is 3.20. The Morgan fingerprint density at radius 3 is 2.50 bits per heavy atom. The Hall–Kier alpha value is -2.95. The number of nitrogens with one attached hydrogen (secondary N) is 1. The van der Waals surface area contributed by atoms with Gasteiger partial charge in [0.1, 0.15) is 0 Å². The van der Waals surface area contributed by atoms with E-state index in [2.05, 4.69) is 34.7 Å². The fourth-order valence-electron chi connectivity index (χ4n) is 3.78. The Morgan fingerprint density at radius 2 is 1.75 bits per heavy atom. The van der Waals surface area contributed by atoms with E-state index in [4.69, 9.17) is 21.1 Å². The molecule has 28 heavy (non-hydrogen) atoms. The number of benzene rings is 3. The maximum Gasteiger partial charge on any atom is 0.196 e. The minimum Gasteiger partial charge on any atom is -0.493 e. The molecule has 0 saturated heterocycles. The first-order valence-electron chi connectivity index (χ1n) is 9.16. The van der Waals surface area contributed by atoms with Gasteiger partial charge in [0.05, 0.1) is 18.8 Å². The largest absolute Gasteiger partial charge is 0.493 e. The zero-order chi connectivity index (χ0) is 19.1. The number of hydrazine groups is 1. The lowest BCUT2D eigenvalue weighted by molar-refractivity contribution is -0.0342. The molecule has 5 heteroatoms. The van der Waals surface area contributed by atoms with Crippen LogP contribution in [0.5, 0.6) is 11.5 Å². The number of halogens is 1. The minimum absolute atomic E-state index is 0.0229. The van der Waals surface area contributed by atoms with Gasteiger partial charge in [0.15, 0.2) is 17.7 Å². The number of para-hydroxylation sites is 1. The zero-order valence-electron chi connectivity index (χ0n) is 15.3. The topological polar surface area (TPSA) is 33.7 Å². The van der Waals surface area contributed by atoms with Crippen molar-refractivity contribution in [2.24, 2.45) is 0 Å². The number of hydrogen-bond acceptors (Lipinski definition) is 4. The SMILES string of the molecule is COc1cccc2c1O[C@H](c1ccc(Cl)cc1)N1NC(c3ccccc3)=C[C@@H]21. The standard InChI is InChI=1S/C23H19ClN2O2/c1-27-21-9-5-8-18-20-14-19(15-6-3-2-4-7-15)25-26(20)23(28-22(18)21)16-10-12-17(24)13-11-16/h2-14,20,23,25H,1H3/t20-,23+/m0/s1. The van der Waals surface area contributed by atoms with Gasteiger partial charge in [-0.3, -0.25) is 0 Å². The van der Waals surface area contributed by atoms with E-state index in [-0.39, 0.29) is 12.3 Å². The van der Waals surface area contributed by atoms with Gasteiger partial charge in [-0.2, -0.15) is 5.01 Å². The van der Waals surface area contributed by atoms with Crippen LogP contribution in [-0.4, -0.2) is 12.1 Å². The van der Waals surface area contributed by atoms with Crippen molar-refractivity contribution < 1.29 is 9.47 Å². The number of hydrogen-bond donors (Lipinski definition) is 1. The number of methoxy groups -OCH3 is 1. The zero-order valence-corrected chi connectivity index (χ0v) is 16.1. The molecule has 0 spiro atoms. The molecule has 2 aliphatic rings. The Bertz CT molecular complexity index is 1030. The predicted octanol–water partition coefficient (Wildman–Crippen LogP) is 5.34. The van der Waals surface area contributed by atoms with Crippen molar-refractivity contribution in [2.45, 2.75) is 12.3 Å². The molecule has 0 radical (unpaired) electrons. The van der Waals surface area contributed by atoms with Crippen molar-refractivity contribution in [1.29, 1.82) is 0 Å². The van der Waals surface area contributed by atoms with Crippen LogP contribution in [0.2, 0.25) is 5.02 Å². The highest BCUT2D eigenvalue weighted by atomic mass is 35.5. The van der Waals surface area contributed by atoms with Crippen LogP contribution in [0.3, 0.4) is 0 Å². The molecule has 1 N–H and O–H groups in total. The normalized spacial score (nSPS) is 20.4. The van der Waals surface area contributed by atoms with Gasteiger partial charge in [-0.05, 0) is 29.8 Å². The van der Waals surface area contributed by atoms with Crippen molar-refractivity contribution in [3.05, 3.63) is 101 Å². The van der Waals surface area contributed by atoms with Gasteiger partial charge in [0, 0.05) is 16.1 Å². The molecule has 0 fully saturated rings. The van der Waals surface area contributed by atoms with E-state index < -0.39 is 0 Å². The van der Waals surface area contributed by atoms with E-state index in [0.29, 0.717) is 5.02 Å². The van der Waals surface area contributed by atoms with Gasteiger partial charge < -0.3 is 14.9 Å². The second-order valence-electron chi connectivity index (χ2n) is 6.81. The Balaban J connectivity index is 1.62. The van der Waals surface area contributed by atoms with Gasteiger partial charge >= 0.3 is 0 Å². The summed E-state index contributed by atoms with van der Waals surface area (Å²) >= 11 is 6.09. The third-order valence-electron chi connectivity index (χ3n) is 5.14. The highest BCUT2D eigenvalue weighted by Gasteiger charge is 2.41. The van der Waals surface area contributed by atoms with Crippen molar-refractivity contribution in [3.8, 4) is 11.5 Å². The molecule has 140 valence electrons. The molecule has 0 saturated carbocycles. The van der Waals surface area contributed by atoms with Gasteiger partial charge in [-0.15, -0.1) is 0 Å². The third-order valence-corrected chi connectivity index (χ3v) is 5.40. The second-order valence-corrected chi connectivity index (χ2v) is 7.25. The lowest BCUT2D eigenvalue weighted by Gasteiger charge is -2.39. The lowest BCUT2D eigenvalue weighted by atomic mass is 10.00. The van der Waals surface area contributed by atoms with Crippen LogP contribution in [0.1, 0.15) is 29.0 Å². The maximum atomic E-state index is 6.44. The summed E-state index contributed by atoms with van der Waals surface area (Å²) in [5, 5.41) is 2.83. The molecule has 0 aliphatic carbocycles. The smallest absolute Gasteiger partial charge is 0.196 e. The van der Waals surface area contributed by atoms with Crippen molar-refractivity contribution in [2.75, 3.05) is 7.11 Å². The van der Waals surface area contributed by atoms with Crippen molar-refractivity contribution >= 4 is 17.3 Å². The highest BCUT2D eigenvalue weighted by Crippen LogP contribution is 2.49. The predicted molar refractivity (Wildman–Crippen MR) is 110 cm³/mol. The van der Waals surface area contributed by atoms with E-state index in [1.165, 1.54) is 0 Å². The first kappa shape index (κ1) is 17.2. The molecule has 0 aromatic heterocycles. The van der Waals surface area contributed by atoms with E-state index in [1.54, 1.807) is 7.11 Å². The Labute approximate surface area is 168 Å². The molecule has 0 bridgehead atoms.